The molecule has 0 aliphatic heterocycles. The molecule has 0 heterocycles. The fourth-order valence-electron chi connectivity index (χ4n) is 1.54. The van der Waals surface area contributed by atoms with Crippen LogP contribution in [0.1, 0.15) is 43.0 Å². The predicted molar refractivity (Wildman–Crippen MR) is 73.9 cm³/mol. The zero-order valence-corrected chi connectivity index (χ0v) is 11.8. The Morgan fingerprint density at radius 3 is 2.61 bits per heavy atom. The van der Waals surface area contributed by atoms with Gasteiger partial charge in [0.1, 0.15) is 0 Å². The van der Waals surface area contributed by atoms with E-state index in [1.54, 1.807) is 6.07 Å². The summed E-state index contributed by atoms with van der Waals surface area (Å²) < 4.78 is 0.631. The van der Waals surface area contributed by atoms with E-state index in [1.807, 2.05) is 0 Å². The minimum absolute atomic E-state index is 0.0853. The van der Waals surface area contributed by atoms with Crippen molar-refractivity contribution in [3.05, 3.63) is 28.2 Å². The van der Waals surface area contributed by atoms with Gasteiger partial charge in [-0.1, -0.05) is 35.7 Å². The second kappa shape index (κ2) is 7.16. The molecule has 0 radical (unpaired) electrons. The van der Waals surface area contributed by atoms with Gasteiger partial charge in [-0.2, -0.15) is 0 Å². The third kappa shape index (κ3) is 4.87. The molecule has 0 saturated heterocycles. The normalized spacial score (nSPS) is 10.1. The van der Waals surface area contributed by atoms with Crippen LogP contribution >= 0.6 is 15.9 Å². The maximum absolute atomic E-state index is 11.6. The molecular formula is C13H16BrNO3. The van der Waals surface area contributed by atoms with Gasteiger partial charge in [-0.05, 0) is 24.6 Å². The van der Waals surface area contributed by atoms with Crippen LogP contribution in [0.4, 0.5) is 5.69 Å². The van der Waals surface area contributed by atoms with E-state index in [-0.39, 0.29) is 11.5 Å². The molecule has 5 heteroatoms. The van der Waals surface area contributed by atoms with Crippen molar-refractivity contribution in [3.8, 4) is 0 Å². The van der Waals surface area contributed by atoms with Crippen molar-refractivity contribution in [1.82, 2.24) is 0 Å². The summed E-state index contributed by atoms with van der Waals surface area (Å²) >= 11 is 3.22. The number of rotatable bonds is 6. The van der Waals surface area contributed by atoms with Gasteiger partial charge in [0.15, 0.2) is 0 Å². The van der Waals surface area contributed by atoms with Crippen LogP contribution in [0, 0.1) is 0 Å². The molecule has 2 N–H and O–H groups in total. The SMILES string of the molecule is CCCCCC(=O)Nc1cc(Br)cc(C(=O)O)c1. The number of halogens is 1. The molecule has 0 atom stereocenters. The zero-order valence-electron chi connectivity index (χ0n) is 10.2. The Balaban J connectivity index is 2.66. The zero-order chi connectivity index (χ0) is 13.5. The molecule has 0 spiro atoms. The minimum Gasteiger partial charge on any atom is -0.478 e. The summed E-state index contributed by atoms with van der Waals surface area (Å²) in [5.41, 5.74) is 0.650. The molecule has 0 unspecified atom stereocenters. The summed E-state index contributed by atoms with van der Waals surface area (Å²) in [6.45, 7) is 2.07. The van der Waals surface area contributed by atoms with E-state index in [0.29, 0.717) is 16.6 Å². The second-order valence-corrected chi connectivity index (χ2v) is 4.95. The molecule has 0 aliphatic rings. The molecular weight excluding hydrogens is 298 g/mol. The molecule has 18 heavy (non-hydrogen) atoms. The van der Waals surface area contributed by atoms with Crippen molar-refractivity contribution in [2.75, 3.05) is 5.32 Å². The first-order chi connectivity index (χ1) is 8.52. The Kier molecular flexibility index (Phi) is 5.85. The Hall–Kier alpha value is -1.36. The molecule has 1 aromatic rings. The first-order valence-electron chi connectivity index (χ1n) is 5.86. The highest BCUT2D eigenvalue weighted by molar-refractivity contribution is 9.10. The van der Waals surface area contributed by atoms with Gasteiger partial charge in [-0.3, -0.25) is 4.79 Å². The van der Waals surface area contributed by atoms with Gasteiger partial charge >= 0.3 is 5.97 Å². The Bertz CT molecular complexity index is 446. The monoisotopic (exact) mass is 313 g/mol. The van der Waals surface area contributed by atoms with Crippen LogP contribution in [0.3, 0.4) is 0 Å². The minimum atomic E-state index is -1.02. The van der Waals surface area contributed by atoms with Crippen LogP contribution in [0.5, 0.6) is 0 Å². The van der Waals surface area contributed by atoms with Crippen LogP contribution in [-0.4, -0.2) is 17.0 Å². The van der Waals surface area contributed by atoms with Crippen molar-refractivity contribution in [1.29, 1.82) is 0 Å². The standard InChI is InChI=1S/C13H16BrNO3/c1-2-3-4-5-12(16)15-11-7-9(13(17)18)6-10(14)8-11/h6-8H,2-5H2,1H3,(H,15,16)(H,17,18). The largest absolute Gasteiger partial charge is 0.478 e. The van der Waals surface area contributed by atoms with Crippen LogP contribution in [0.25, 0.3) is 0 Å². The Labute approximate surface area is 115 Å². The summed E-state index contributed by atoms with van der Waals surface area (Å²) in [4.78, 5) is 22.5. The lowest BCUT2D eigenvalue weighted by Crippen LogP contribution is -2.11. The van der Waals surface area contributed by atoms with Gasteiger partial charge in [0, 0.05) is 16.6 Å². The lowest BCUT2D eigenvalue weighted by atomic mass is 10.2. The van der Waals surface area contributed by atoms with Gasteiger partial charge in [-0.15, -0.1) is 0 Å². The van der Waals surface area contributed by atoms with Crippen LogP contribution in [0.15, 0.2) is 22.7 Å². The van der Waals surface area contributed by atoms with E-state index in [1.165, 1.54) is 12.1 Å². The number of anilines is 1. The number of hydrogen-bond donors (Lipinski definition) is 2. The van der Waals surface area contributed by atoms with E-state index in [9.17, 15) is 9.59 Å². The highest BCUT2D eigenvalue weighted by Crippen LogP contribution is 2.20. The van der Waals surface area contributed by atoms with Crippen molar-refractivity contribution in [2.45, 2.75) is 32.6 Å². The van der Waals surface area contributed by atoms with Crippen molar-refractivity contribution >= 4 is 33.5 Å². The van der Waals surface area contributed by atoms with Crippen molar-refractivity contribution < 1.29 is 14.7 Å². The maximum Gasteiger partial charge on any atom is 0.335 e. The summed E-state index contributed by atoms with van der Waals surface area (Å²) in [6.07, 6.45) is 3.39. The molecule has 0 aromatic heterocycles. The predicted octanol–water partition coefficient (Wildman–Crippen LogP) is 3.67. The molecule has 0 bridgehead atoms. The quantitative estimate of drug-likeness (QED) is 0.787. The Morgan fingerprint density at radius 2 is 2.00 bits per heavy atom. The molecule has 98 valence electrons. The number of benzene rings is 1. The first-order valence-corrected chi connectivity index (χ1v) is 6.66. The first kappa shape index (κ1) is 14.7. The number of carbonyl (C=O) groups excluding carboxylic acids is 1. The van der Waals surface area contributed by atoms with E-state index < -0.39 is 5.97 Å². The van der Waals surface area contributed by atoms with E-state index in [4.69, 9.17) is 5.11 Å². The lowest BCUT2D eigenvalue weighted by molar-refractivity contribution is -0.116. The van der Waals surface area contributed by atoms with E-state index >= 15 is 0 Å². The van der Waals surface area contributed by atoms with Crippen molar-refractivity contribution in [2.24, 2.45) is 0 Å². The topological polar surface area (TPSA) is 66.4 Å². The molecule has 0 saturated carbocycles. The molecule has 1 rings (SSSR count). The van der Waals surface area contributed by atoms with Crippen LogP contribution in [0.2, 0.25) is 0 Å². The van der Waals surface area contributed by atoms with E-state index in [0.717, 1.165) is 19.3 Å². The summed E-state index contributed by atoms with van der Waals surface area (Å²) in [5.74, 6) is -1.10. The summed E-state index contributed by atoms with van der Waals surface area (Å²) in [6, 6.07) is 4.63. The van der Waals surface area contributed by atoms with Gasteiger partial charge < -0.3 is 10.4 Å². The highest BCUT2D eigenvalue weighted by Gasteiger charge is 2.08. The molecule has 0 fully saturated rings. The number of hydrogen-bond acceptors (Lipinski definition) is 2. The highest BCUT2D eigenvalue weighted by atomic mass is 79.9. The second-order valence-electron chi connectivity index (χ2n) is 4.04. The molecule has 4 nitrogen and oxygen atoms in total. The average molecular weight is 314 g/mol. The fraction of sp³-hybridized carbons (Fsp3) is 0.385. The Morgan fingerprint density at radius 1 is 1.28 bits per heavy atom. The van der Waals surface area contributed by atoms with E-state index in [2.05, 4.69) is 28.2 Å². The van der Waals surface area contributed by atoms with Crippen molar-refractivity contribution in [3.63, 3.8) is 0 Å². The maximum atomic E-state index is 11.6. The summed E-state index contributed by atoms with van der Waals surface area (Å²) in [7, 11) is 0. The number of unbranched alkanes of at least 4 members (excludes halogenated alkanes) is 2. The molecule has 1 amide bonds. The van der Waals surface area contributed by atoms with Gasteiger partial charge in [0.25, 0.3) is 0 Å². The fourth-order valence-corrected chi connectivity index (χ4v) is 2.04. The smallest absolute Gasteiger partial charge is 0.335 e. The number of carboxylic acids is 1. The average Bonchev–Trinajstić information content (AvgIpc) is 2.28. The number of nitrogens with one attached hydrogen (secondary N) is 1. The third-order valence-electron chi connectivity index (χ3n) is 2.44. The summed E-state index contributed by atoms with van der Waals surface area (Å²) in [5, 5.41) is 11.6. The number of carbonyl (C=O) groups is 2. The number of carboxylic acid groups (broad SMARTS) is 1. The van der Waals surface area contributed by atoms with Crippen LogP contribution in [-0.2, 0) is 4.79 Å². The molecule has 1 aromatic carbocycles. The third-order valence-corrected chi connectivity index (χ3v) is 2.89. The lowest BCUT2D eigenvalue weighted by Gasteiger charge is -2.07. The molecule has 0 aliphatic carbocycles. The van der Waals surface area contributed by atoms with Gasteiger partial charge in [-0.25, -0.2) is 4.79 Å². The number of aromatic carboxylic acids is 1. The van der Waals surface area contributed by atoms with Crippen LogP contribution < -0.4 is 5.32 Å². The number of amides is 1. The van der Waals surface area contributed by atoms with Gasteiger partial charge in [0.2, 0.25) is 5.91 Å². The van der Waals surface area contributed by atoms with Gasteiger partial charge in [0.05, 0.1) is 5.56 Å².